The molecule has 6 nitrogen and oxygen atoms in total. The molecule has 1 atom stereocenters. The number of benzene rings is 1. The van der Waals surface area contributed by atoms with Crippen molar-refractivity contribution in [2.75, 3.05) is 13.1 Å². The fourth-order valence-corrected chi connectivity index (χ4v) is 2.75. The lowest BCUT2D eigenvalue weighted by Crippen LogP contribution is -2.47. The summed E-state index contributed by atoms with van der Waals surface area (Å²) in [6.07, 6.45) is 1.46. The van der Waals surface area contributed by atoms with Gasteiger partial charge < -0.3 is 9.84 Å². The third kappa shape index (κ3) is 3.89. The van der Waals surface area contributed by atoms with Crippen LogP contribution in [0.1, 0.15) is 44.2 Å². The van der Waals surface area contributed by atoms with Crippen molar-refractivity contribution in [3.8, 4) is 5.75 Å². The number of rotatable bonds is 6. The van der Waals surface area contributed by atoms with Crippen molar-refractivity contribution >= 4 is 0 Å². The molecule has 124 valence electrons. The quantitative estimate of drug-likeness (QED) is 0.885. The van der Waals surface area contributed by atoms with Crippen LogP contribution < -0.4 is 4.74 Å². The van der Waals surface area contributed by atoms with Crippen LogP contribution >= 0.6 is 0 Å². The topological polar surface area (TPSA) is 63.4 Å². The zero-order valence-corrected chi connectivity index (χ0v) is 13.9. The van der Waals surface area contributed by atoms with Gasteiger partial charge in [0.25, 0.3) is 0 Å². The Morgan fingerprint density at radius 1 is 1.30 bits per heavy atom. The molecule has 0 amide bonds. The monoisotopic (exact) mass is 316 g/mol. The van der Waals surface area contributed by atoms with E-state index in [4.69, 9.17) is 4.74 Å². The summed E-state index contributed by atoms with van der Waals surface area (Å²) in [6, 6.07) is 8.60. The number of aliphatic hydroxyl groups excluding tert-OH is 1. The number of aliphatic hydroxyl groups is 1. The standard InChI is InChI=1S/C17H24N4O2/c1-12(2)23-16-6-4-5-14(7-16)8-20-9-15(10-20)21-11-17(13(3)22)18-19-21/h4-7,11-13,15,22H,8-10H2,1-3H3. The summed E-state index contributed by atoms with van der Waals surface area (Å²) in [7, 11) is 0. The summed E-state index contributed by atoms with van der Waals surface area (Å²) in [5, 5.41) is 17.6. The van der Waals surface area contributed by atoms with Crippen LogP contribution in [0, 0.1) is 0 Å². The minimum Gasteiger partial charge on any atom is -0.491 e. The Kier molecular flexibility index (Phi) is 4.63. The van der Waals surface area contributed by atoms with Gasteiger partial charge in [0.15, 0.2) is 0 Å². The molecular weight excluding hydrogens is 292 g/mol. The maximum absolute atomic E-state index is 9.51. The molecule has 0 spiro atoms. The molecule has 2 aromatic rings. The first-order chi connectivity index (χ1) is 11.0. The van der Waals surface area contributed by atoms with Gasteiger partial charge in [-0.05, 0) is 38.5 Å². The summed E-state index contributed by atoms with van der Waals surface area (Å²) in [6.45, 7) is 8.56. The van der Waals surface area contributed by atoms with Crippen molar-refractivity contribution < 1.29 is 9.84 Å². The van der Waals surface area contributed by atoms with Gasteiger partial charge in [-0.3, -0.25) is 4.90 Å². The van der Waals surface area contributed by atoms with Crippen LogP contribution in [-0.4, -0.2) is 44.2 Å². The summed E-state index contributed by atoms with van der Waals surface area (Å²) >= 11 is 0. The Morgan fingerprint density at radius 2 is 2.09 bits per heavy atom. The molecule has 1 aromatic heterocycles. The van der Waals surface area contributed by atoms with Gasteiger partial charge in [-0.15, -0.1) is 5.10 Å². The van der Waals surface area contributed by atoms with E-state index in [1.807, 2.05) is 36.9 Å². The molecule has 0 radical (unpaired) electrons. The van der Waals surface area contributed by atoms with Gasteiger partial charge in [0, 0.05) is 19.6 Å². The second-order valence-electron chi connectivity index (χ2n) is 6.46. The van der Waals surface area contributed by atoms with E-state index in [0.717, 1.165) is 25.4 Å². The number of ether oxygens (including phenoxy) is 1. The molecule has 0 aliphatic carbocycles. The average molecular weight is 316 g/mol. The maximum Gasteiger partial charge on any atom is 0.120 e. The predicted octanol–water partition coefficient (Wildman–Crippen LogP) is 2.18. The van der Waals surface area contributed by atoms with Crippen LogP contribution in [0.25, 0.3) is 0 Å². The summed E-state index contributed by atoms with van der Waals surface area (Å²) in [4.78, 5) is 2.36. The lowest BCUT2D eigenvalue weighted by molar-refractivity contribution is 0.0894. The fraction of sp³-hybridized carbons (Fsp3) is 0.529. The largest absolute Gasteiger partial charge is 0.491 e. The summed E-state index contributed by atoms with van der Waals surface area (Å²) in [5.41, 5.74) is 1.88. The molecule has 0 bridgehead atoms. The zero-order valence-electron chi connectivity index (χ0n) is 13.9. The predicted molar refractivity (Wildman–Crippen MR) is 87.2 cm³/mol. The molecular formula is C17H24N4O2. The Morgan fingerprint density at radius 3 is 2.74 bits per heavy atom. The molecule has 1 aliphatic heterocycles. The van der Waals surface area contributed by atoms with E-state index >= 15 is 0 Å². The van der Waals surface area contributed by atoms with Crippen LogP contribution in [-0.2, 0) is 6.54 Å². The molecule has 2 heterocycles. The van der Waals surface area contributed by atoms with E-state index in [1.165, 1.54) is 5.56 Å². The molecule has 1 aromatic carbocycles. The number of likely N-dealkylation sites (tertiary alicyclic amines) is 1. The first kappa shape index (κ1) is 16.0. The number of nitrogens with zero attached hydrogens (tertiary/aromatic N) is 4. The normalized spacial score (nSPS) is 17.3. The Bertz CT molecular complexity index is 648. The van der Waals surface area contributed by atoms with Crippen molar-refractivity contribution in [1.82, 2.24) is 19.9 Å². The van der Waals surface area contributed by atoms with Gasteiger partial charge in [0.2, 0.25) is 0 Å². The van der Waals surface area contributed by atoms with Crippen LogP contribution in [0.2, 0.25) is 0 Å². The molecule has 0 saturated carbocycles. The van der Waals surface area contributed by atoms with E-state index in [1.54, 1.807) is 6.92 Å². The van der Waals surface area contributed by atoms with Crippen molar-refractivity contribution in [3.05, 3.63) is 41.7 Å². The van der Waals surface area contributed by atoms with E-state index in [2.05, 4.69) is 27.3 Å². The van der Waals surface area contributed by atoms with Crippen molar-refractivity contribution in [1.29, 1.82) is 0 Å². The van der Waals surface area contributed by atoms with E-state index < -0.39 is 6.10 Å². The lowest BCUT2D eigenvalue weighted by Gasteiger charge is -2.38. The molecule has 6 heteroatoms. The van der Waals surface area contributed by atoms with E-state index in [9.17, 15) is 5.11 Å². The Hall–Kier alpha value is -1.92. The smallest absolute Gasteiger partial charge is 0.120 e. The molecule has 1 unspecified atom stereocenters. The minimum atomic E-state index is -0.566. The van der Waals surface area contributed by atoms with Gasteiger partial charge >= 0.3 is 0 Å². The first-order valence-corrected chi connectivity index (χ1v) is 8.09. The second kappa shape index (κ2) is 6.68. The van der Waals surface area contributed by atoms with Gasteiger partial charge in [-0.25, -0.2) is 4.68 Å². The van der Waals surface area contributed by atoms with Crippen LogP contribution in [0.15, 0.2) is 30.5 Å². The lowest BCUT2D eigenvalue weighted by atomic mass is 10.1. The summed E-state index contributed by atoms with van der Waals surface area (Å²) < 4.78 is 7.60. The maximum atomic E-state index is 9.51. The molecule has 1 fully saturated rings. The molecule has 1 N–H and O–H groups in total. The van der Waals surface area contributed by atoms with Crippen molar-refractivity contribution in [2.24, 2.45) is 0 Å². The molecule has 1 saturated heterocycles. The van der Waals surface area contributed by atoms with Crippen LogP contribution in [0.3, 0.4) is 0 Å². The van der Waals surface area contributed by atoms with Gasteiger partial charge in [0.05, 0.1) is 24.4 Å². The first-order valence-electron chi connectivity index (χ1n) is 8.09. The fourth-order valence-electron chi connectivity index (χ4n) is 2.75. The zero-order chi connectivity index (χ0) is 16.4. The molecule has 23 heavy (non-hydrogen) atoms. The highest BCUT2D eigenvalue weighted by Crippen LogP contribution is 2.24. The summed E-state index contributed by atoms with van der Waals surface area (Å²) in [5.74, 6) is 0.924. The third-order valence-corrected chi connectivity index (χ3v) is 3.94. The average Bonchev–Trinajstić information content (AvgIpc) is 2.91. The third-order valence-electron chi connectivity index (χ3n) is 3.94. The van der Waals surface area contributed by atoms with Gasteiger partial charge in [-0.2, -0.15) is 0 Å². The Labute approximate surface area is 136 Å². The van der Waals surface area contributed by atoms with Crippen LogP contribution in [0.5, 0.6) is 5.75 Å². The van der Waals surface area contributed by atoms with Crippen molar-refractivity contribution in [3.63, 3.8) is 0 Å². The minimum absolute atomic E-state index is 0.189. The second-order valence-corrected chi connectivity index (χ2v) is 6.46. The van der Waals surface area contributed by atoms with E-state index in [-0.39, 0.29) is 6.10 Å². The van der Waals surface area contributed by atoms with Gasteiger partial charge in [0.1, 0.15) is 11.4 Å². The highest BCUT2D eigenvalue weighted by molar-refractivity contribution is 5.28. The van der Waals surface area contributed by atoms with Crippen molar-refractivity contribution in [2.45, 2.75) is 45.6 Å². The number of aromatic nitrogens is 3. The number of hydrogen-bond donors (Lipinski definition) is 1. The molecule has 3 rings (SSSR count). The van der Waals surface area contributed by atoms with E-state index in [0.29, 0.717) is 11.7 Å². The van der Waals surface area contributed by atoms with Crippen LogP contribution in [0.4, 0.5) is 0 Å². The highest BCUT2D eigenvalue weighted by atomic mass is 16.5. The molecule has 1 aliphatic rings. The number of hydrogen-bond acceptors (Lipinski definition) is 5. The SMILES string of the molecule is CC(C)Oc1cccc(CN2CC(n3cc(C(C)O)nn3)C2)c1. The Balaban J connectivity index is 1.53. The highest BCUT2D eigenvalue weighted by Gasteiger charge is 2.29. The van der Waals surface area contributed by atoms with Gasteiger partial charge in [-0.1, -0.05) is 17.3 Å².